The Bertz CT molecular complexity index is 959. The molecule has 1 aromatic carbocycles. The first-order chi connectivity index (χ1) is 14.9. The lowest BCUT2D eigenvalue weighted by molar-refractivity contribution is -0.119. The van der Waals surface area contributed by atoms with E-state index in [-0.39, 0.29) is 23.4 Å². The van der Waals surface area contributed by atoms with Crippen LogP contribution in [0.2, 0.25) is 5.02 Å². The van der Waals surface area contributed by atoms with E-state index < -0.39 is 0 Å². The van der Waals surface area contributed by atoms with Gasteiger partial charge in [-0.2, -0.15) is 0 Å². The van der Waals surface area contributed by atoms with E-state index in [9.17, 15) is 9.59 Å². The number of thiophene rings is 1. The lowest BCUT2D eigenvalue weighted by Gasteiger charge is -2.18. The number of hydrogen-bond donors (Lipinski definition) is 2. The minimum Gasteiger partial charge on any atom is -0.494 e. The molecule has 1 amide bonds. The van der Waals surface area contributed by atoms with Gasteiger partial charge in [-0.25, -0.2) is 4.79 Å². The van der Waals surface area contributed by atoms with E-state index >= 15 is 0 Å². The SMILES string of the molecule is COC(=O)c1c(NC(=S)NC(=O)CCCOc2ccc(Cl)cc2)sc2c1CCC(C)C2. The summed E-state index contributed by atoms with van der Waals surface area (Å²) in [5.41, 5.74) is 1.56. The highest BCUT2D eigenvalue weighted by molar-refractivity contribution is 7.80. The van der Waals surface area contributed by atoms with Crippen LogP contribution < -0.4 is 15.4 Å². The Kier molecular flexibility index (Phi) is 8.28. The first kappa shape index (κ1) is 23.5. The topological polar surface area (TPSA) is 76.7 Å². The number of anilines is 1. The normalized spacial score (nSPS) is 15.0. The summed E-state index contributed by atoms with van der Waals surface area (Å²) in [5, 5.41) is 7.13. The molecule has 0 aliphatic heterocycles. The zero-order valence-corrected chi connectivity index (χ0v) is 19.8. The van der Waals surface area contributed by atoms with E-state index in [4.69, 9.17) is 33.3 Å². The Labute approximate surface area is 196 Å². The first-order valence-corrected chi connectivity index (χ1v) is 11.7. The van der Waals surface area contributed by atoms with Crippen molar-refractivity contribution in [1.29, 1.82) is 0 Å². The number of fused-ring (bicyclic) bond motifs is 1. The molecule has 1 heterocycles. The van der Waals surface area contributed by atoms with Gasteiger partial charge in [0, 0.05) is 16.3 Å². The van der Waals surface area contributed by atoms with Crippen molar-refractivity contribution < 1.29 is 19.1 Å². The molecule has 166 valence electrons. The third-order valence-electron chi connectivity index (χ3n) is 5.01. The molecule has 6 nitrogen and oxygen atoms in total. The first-order valence-electron chi connectivity index (χ1n) is 10.1. The Morgan fingerprint density at radius 1 is 1.29 bits per heavy atom. The Morgan fingerprint density at radius 2 is 2.03 bits per heavy atom. The number of methoxy groups -OCH3 is 1. The molecule has 0 saturated carbocycles. The number of amides is 1. The van der Waals surface area contributed by atoms with Gasteiger partial charge >= 0.3 is 5.97 Å². The van der Waals surface area contributed by atoms with E-state index in [1.54, 1.807) is 24.3 Å². The third-order valence-corrected chi connectivity index (χ3v) is 6.64. The van der Waals surface area contributed by atoms with Gasteiger partial charge in [-0.1, -0.05) is 18.5 Å². The number of carbonyl (C=O) groups excluding carboxylic acids is 2. The van der Waals surface area contributed by atoms with Crippen molar-refractivity contribution in [2.75, 3.05) is 19.0 Å². The molecule has 1 atom stereocenters. The maximum atomic E-state index is 12.4. The number of thiocarbonyl (C=S) groups is 1. The minimum atomic E-state index is -0.386. The number of rotatable bonds is 7. The second-order valence-electron chi connectivity index (χ2n) is 7.46. The second-order valence-corrected chi connectivity index (χ2v) is 9.41. The lowest BCUT2D eigenvalue weighted by atomic mass is 9.88. The summed E-state index contributed by atoms with van der Waals surface area (Å²) < 4.78 is 10.6. The maximum Gasteiger partial charge on any atom is 0.341 e. The van der Waals surface area contributed by atoms with Crippen molar-refractivity contribution in [3.05, 3.63) is 45.3 Å². The van der Waals surface area contributed by atoms with Gasteiger partial charge in [0.1, 0.15) is 10.8 Å². The van der Waals surface area contributed by atoms with Gasteiger partial charge in [-0.3, -0.25) is 4.79 Å². The number of hydrogen-bond acceptors (Lipinski definition) is 6. The fourth-order valence-corrected chi connectivity index (χ4v) is 5.24. The summed E-state index contributed by atoms with van der Waals surface area (Å²) in [6.45, 7) is 2.60. The van der Waals surface area contributed by atoms with Crippen LogP contribution in [0.15, 0.2) is 24.3 Å². The fourth-order valence-electron chi connectivity index (χ4n) is 3.43. The molecule has 2 N–H and O–H groups in total. The van der Waals surface area contributed by atoms with Crippen molar-refractivity contribution in [2.24, 2.45) is 5.92 Å². The summed E-state index contributed by atoms with van der Waals surface area (Å²) in [5.74, 6) is 0.675. The van der Waals surface area contributed by atoms with Crippen LogP contribution in [0.5, 0.6) is 5.75 Å². The predicted molar refractivity (Wildman–Crippen MR) is 127 cm³/mol. The lowest BCUT2D eigenvalue weighted by Crippen LogP contribution is -2.34. The Balaban J connectivity index is 1.51. The van der Waals surface area contributed by atoms with Gasteiger partial charge in [0.25, 0.3) is 0 Å². The van der Waals surface area contributed by atoms with Crippen LogP contribution in [0.4, 0.5) is 5.00 Å². The van der Waals surface area contributed by atoms with Gasteiger partial charge in [0.2, 0.25) is 5.91 Å². The minimum absolute atomic E-state index is 0.167. The van der Waals surface area contributed by atoms with Crippen molar-refractivity contribution >= 4 is 57.1 Å². The summed E-state index contributed by atoms with van der Waals surface area (Å²) in [6, 6.07) is 7.06. The zero-order valence-electron chi connectivity index (χ0n) is 17.5. The highest BCUT2D eigenvalue weighted by atomic mass is 35.5. The van der Waals surface area contributed by atoms with E-state index in [0.717, 1.165) is 24.8 Å². The molecular weight excluding hydrogens is 456 g/mol. The van der Waals surface area contributed by atoms with Gasteiger partial charge in [-0.05, 0) is 73.6 Å². The quantitative estimate of drug-likeness (QED) is 0.330. The monoisotopic (exact) mass is 480 g/mol. The van der Waals surface area contributed by atoms with Gasteiger partial charge in [-0.15, -0.1) is 11.3 Å². The molecule has 9 heteroatoms. The highest BCUT2D eigenvalue weighted by Crippen LogP contribution is 2.40. The van der Waals surface area contributed by atoms with Crippen LogP contribution in [-0.4, -0.2) is 30.7 Å². The Morgan fingerprint density at radius 3 is 2.74 bits per heavy atom. The van der Waals surface area contributed by atoms with Crippen LogP contribution in [-0.2, 0) is 22.4 Å². The number of carbonyl (C=O) groups is 2. The molecule has 0 spiro atoms. The second kappa shape index (κ2) is 10.9. The summed E-state index contributed by atoms with van der Waals surface area (Å²) >= 11 is 12.6. The molecule has 0 bridgehead atoms. The van der Waals surface area contributed by atoms with E-state index in [2.05, 4.69) is 17.6 Å². The zero-order chi connectivity index (χ0) is 22.4. The summed E-state index contributed by atoms with van der Waals surface area (Å²) in [6.07, 6.45) is 3.60. The van der Waals surface area contributed by atoms with E-state index in [1.165, 1.54) is 23.3 Å². The smallest absolute Gasteiger partial charge is 0.341 e. The average Bonchev–Trinajstić information content (AvgIpc) is 3.08. The third kappa shape index (κ3) is 6.41. The van der Waals surface area contributed by atoms with Crippen LogP contribution in [0.25, 0.3) is 0 Å². The van der Waals surface area contributed by atoms with E-state index in [0.29, 0.717) is 40.3 Å². The number of nitrogens with one attached hydrogen (secondary N) is 2. The van der Waals surface area contributed by atoms with E-state index in [1.807, 2.05) is 0 Å². The van der Waals surface area contributed by atoms with Crippen molar-refractivity contribution in [2.45, 2.75) is 39.0 Å². The predicted octanol–water partition coefficient (Wildman–Crippen LogP) is 4.99. The van der Waals surface area contributed by atoms with Crippen molar-refractivity contribution in [3.63, 3.8) is 0 Å². The van der Waals surface area contributed by atoms with Crippen LogP contribution in [0.1, 0.15) is 47.0 Å². The molecule has 1 aromatic heterocycles. The highest BCUT2D eigenvalue weighted by Gasteiger charge is 2.28. The molecule has 0 saturated heterocycles. The van der Waals surface area contributed by atoms with Crippen molar-refractivity contribution in [3.8, 4) is 5.75 Å². The number of ether oxygens (including phenoxy) is 2. The van der Waals surface area contributed by atoms with Crippen LogP contribution in [0.3, 0.4) is 0 Å². The van der Waals surface area contributed by atoms with Crippen LogP contribution in [0, 0.1) is 5.92 Å². The van der Waals surface area contributed by atoms with Gasteiger partial charge in [0.05, 0.1) is 19.3 Å². The van der Waals surface area contributed by atoms with Crippen molar-refractivity contribution in [1.82, 2.24) is 5.32 Å². The van der Waals surface area contributed by atoms with Gasteiger partial charge in [0.15, 0.2) is 5.11 Å². The molecular formula is C22H25ClN2O4S2. The summed E-state index contributed by atoms with van der Waals surface area (Å²) in [4.78, 5) is 25.7. The molecule has 1 unspecified atom stereocenters. The molecule has 2 aromatic rings. The van der Waals surface area contributed by atoms with Gasteiger partial charge < -0.3 is 20.1 Å². The largest absolute Gasteiger partial charge is 0.494 e. The molecule has 0 radical (unpaired) electrons. The molecule has 1 aliphatic rings. The number of halogens is 1. The molecule has 31 heavy (non-hydrogen) atoms. The van der Waals surface area contributed by atoms with Crippen LogP contribution >= 0.6 is 35.2 Å². The maximum absolute atomic E-state index is 12.4. The Hall–Kier alpha value is -2.16. The molecule has 0 fully saturated rings. The number of esters is 1. The molecule has 1 aliphatic carbocycles. The molecule has 3 rings (SSSR count). The number of benzene rings is 1. The summed E-state index contributed by atoms with van der Waals surface area (Å²) in [7, 11) is 1.37. The average molecular weight is 481 g/mol. The standard InChI is InChI=1S/C22H25ClN2O4S2/c1-13-5-10-16-17(12-13)31-20(19(16)21(27)28-2)25-22(30)24-18(26)4-3-11-29-15-8-6-14(23)7-9-15/h6-9,13H,3-5,10-12H2,1-2H3,(H2,24,25,26,30). The fraction of sp³-hybridized carbons (Fsp3) is 0.409.